The van der Waals surface area contributed by atoms with Crippen molar-refractivity contribution in [2.24, 2.45) is 0 Å². The number of carboxylic acids is 1. The minimum absolute atomic E-state index is 0.556. The van der Waals surface area contributed by atoms with E-state index in [1.165, 1.54) is 0 Å². The van der Waals surface area contributed by atoms with E-state index in [2.05, 4.69) is 9.84 Å². The van der Waals surface area contributed by atoms with Crippen molar-refractivity contribution in [3.8, 4) is 0 Å². The molecule has 0 fully saturated rings. The molecule has 0 saturated carbocycles. The number of carbonyl (C=O) groups excluding carboxylic acids is 1. The fraction of sp³-hybridized carbons (Fsp3) is 0.375. The van der Waals surface area contributed by atoms with Crippen molar-refractivity contribution in [2.45, 2.75) is 11.1 Å². The number of sulfonamides is 1. The molecule has 0 amide bonds. The Kier molecular flexibility index (Phi) is 4.58. The molecule has 0 spiro atoms. The number of aromatic amines is 1. The van der Waals surface area contributed by atoms with Crippen LogP contribution in [0.4, 0.5) is 0 Å². The number of carbonyl (C=O) groups is 2. The smallest absolute Gasteiger partial charge is 0.340 e. The van der Waals surface area contributed by atoms with Crippen molar-refractivity contribution in [2.75, 3.05) is 13.7 Å². The summed E-state index contributed by atoms with van der Waals surface area (Å²) in [5.41, 5.74) is -0.556. The summed E-state index contributed by atoms with van der Waals surface area (Å²) in [6.45, 7) is -0.660. The van der Waals surface area contributed by atoms with Gasteiger partial charge in [0.2, 0.25) is 0 Å². The van der Waals surface area contributed by atoms with Gasteiger partial charge in [0, 0.05) is 6.54 Å². The fourth-order valence-corrected chi connectivity index (χ4v) is 2.24. The number of hydrogen-bond donors (Lipinski definition) is 4. The maximum atomic E-state index is 11.7. The van der Waals surface area contributed by atoms with Crippen LogP contribution in [0.15, 0.2) is 11.2 Å². The number of aliphatic hydroxyl groups excluding tert-OH is 1. The fourth-order valence-electron chi connectivity index (χ4n) is 1.11. The highest BCUT2D eigenvalue weighted by atomic mass is 32.2. The standard InChI is InChI=1S/C8H11N3O7S/c1-18-8(15)5(12)3-10-19(16,17)6-4(7(13)14)2-9-11-6/h2,5,10,12H,3H2,1H3,(H,9,11)(H,13,14). The lowest BCUT2D eigenvalue weighted by atomic mass is 10.4. The van der Waals surface area contributed by atoms with Gasteiger partial charge in [-0.1, -0.05) is 0 Å². The molecule has 1 atom stereocenters. The molecule has 1 heterocycles. The Hall–Kier alpha value is -1.98. The maximum Gasteiger partial charge on any atom is 0.340 e. The number of H-pyrrole nitrogens is 1. The van der Waals surface area contributed by atoms with Gasteiger partial charge in [-0.25, -0.2) is 22.7 Å². The van der Waals surface area contributed by atoms with E-state index < -0.39 is 45.2 Å². The predicted molar refractivity (Wildman–Crippen MR) is 58.8 cm³/mol. The second kappa shape index (κ2) is 5.77. The second-order valence-electron chi connectivity index (χ2n) is 3.31. The SMILES string of the molecule is COC(=O)C(O)CNS(=O)(=O)c1[nH]ncc1C(=O)O. The van der Waals surface area contributed by atoms with E-state index in [1.807, 2.05) is 9.82 Å². The van der Waals surface area contributed by atoms with Crippen LogP contribution in [0.5, 0.6) is 0 Å². The first-order valence-electron chi connectivity index (χ1n) is 4.81. The number of methoxy groups -OCH3 is 1. The van der Waals surface area contributed by atoms with Crippen LogP contribution >= 0.6 is 0 Å². The number of aromatic carboxylic acids is 1. The van der Waals surface area contributed by atoms with Crippen molar-refractivity contribution in [1.29, 1.82) is 0 Å². The lowest BCUT2D eigenvalue weighted by Gasteiger charge is -2.09. The Bertz CT molecular complexity index is 579. The number of rotatable bonds is 6. The van der Waals surface area contributed by atoms with Crippen LogP contribution in [-0.4, -0.2) is 60.5 Å². The van der Waals surface area contributed by atoms with Crippen molar-refractivity contribution < 1.29 is 33.0 Å². The predicted octanol–water partition coefficient (Wildman–Crippen LogP) is -2.08. The largest absolute Gasteiger partial charge is 0.478 e. The van der Waals surface area contributed by atoms with Crippen molar-refractivity contribution in [3.63, 3.8) is 0 Å². The van der Waals surface area contributed by atoms with E-state index in [4.69, 9.17) is 5.11 Å². The van der Waals surface area contributed by atoms with Crippen molar-refractivity contribution in [1.82, 2.24) is 14.9 Å². The number of hydrogen-bond acceptors (Lipinski definition) is 7. The lowest BCUT2D eigenvalue weighted by molar-refractivity contribution is -0.149. The van der Waals surface area contributed by atoms with Gasteiger partial charge in [-0.15, -0.1) is 0 Å². The average molecular weight is 293 g/mol. The molecule has 0 saturated heterocycles. The van der Waals surface area contributed by atoms with E-state index in [0.29, 0.717) is 0 Å². The molecule has 4 N–H and O–H groups in total. The van der Waals surface area contributed by atoms with Crippen LogP contribution in [0.3, 0.4) is 0 Å². The molecule has 19 heavy (non-hydrogen) atoms. The highest BCUT2D eigenvalue weighted by Crippen LogP contribution is 2.11. The maximum absolute atomic E-state index is 11.7. The molecule has 106 valence electrons. The third kappa shape index (κ3) is 3.49. The Balaban J connectivity index is 2.85. The summed E-state index contributed by atoms with van der Waals surface area (Å²) in [5, 5.41) is 22.6. The van der Waals surface area contributed by atoms with Crippen LogP contribution in [0.25, 0.3) is 0 Å². The molecule has 1 aromatic rings. The number of carboxylic acid groups (broad SMARTS) is 1. The summed E-state index contributed by atoms with van der Waals surface area (Å²) >= 11 is 0. The Morgan fingerprint density at radius 1 is 1.58 bits per heavy atom. The lowest BCUT2D eigenvalue weighted by Crippen LogP contribution is -2.37. The van der Waals surface area contributed by atoms with Gasteiger partial charge >= 0.3 is 11.9 Å². The topological polar surface area (TPSA) is 159 Å². The monoisotopic (exact) mass is 293 g/mol. The molecule has 0 aromatic carbocycles. The van der Waals surface area contributed by atoms with Gasteiger partial charge in [0.05, 0.1) is 13.3 Å². The summed E-state index contributed by atoms with van der Waals surface area (Å²) in [5.74, 6) is -2.51. The van der Waals surface area contributed by atoms with Gasteiger partial charge in [0.15, 0.2) is 11.1 Å². The summed E-state index contributed by atoms with van der Waals surface area (Å²) < 4.78 is 29.5. The minimum atomic E-state index is -4.25. The Labute approximate surface area is 107 Å². The zero-order chi connectivity index (χ0) is 14.6. The van der Waals surface area contributed by atoms with Gasteiger partial charge in [0.1, 0.15) is 5.56 Å². The molecular weight excluding hydrogens is 282 g/mol. The van der Waals surface area contributed by atoms with E-state index in [1.54, 1.807) is 0 Å². The zero-order valence-corrected chi connectivity index (χ0v) is 10.5. The third-order valence-electron chi connectivity index (χ3n) is 2.04. The number of aliphatic hydroxyl groups is 1. The summed E-state index contributed by atoms with van der Waals surface area (Å²) in [6.07, 6.45) is -0.871. The molecule has 0 aliphatic heterocycles. The highest BCUT2D eigenvalue weighted by molar-refractivity contribution is 7.89. The molecule has 10 nitrogen and oxygen atoms in total. The number of ether oxygens (including phenoxy) is 1. The molecule has 11 heteroatoms. The van der Waals surface area contributed by atoms with Crippen LogP contribution in [0.1, 0.15) is 10.4 Å². The number of esters is 1. The van der Waals surface area contributed by atoms with Gasteiger partial charge in [-0.2, -0.15) is 5.10 Å². The van der Waals surface area contributed by atoms with Gasteiger partial charge in [0.25, 0.3) is 10.0 Å². The van der Waals surface area contributed by atoms with E-state index >= 15 is 0 Å². The molecule has 1 aromatic heterocycles. The minimum Gasteiger partial charge on any atom is -0.478 e. The Morgan fingerprint density at radius 2 is 2.21 bits per heavy atom. The first-order valence-corrected chi connectivity index (χ1v) is 6.30. The summed E-state index contributed by atoms with van der Waals surface area (Å²) in [7, 11) is -3.22. The molecular formula is C8H11N3O7S. The van der Waals surface area contributed by atoms with Gasteiger partial charge < -0.3 is 14.9 Å². The van der Waals surface area contributed by atoms with Crippen LogP contribution in [0.2, 0.25) is 0 Å². The molecule has 0 radical (unpaired) electrons. The molecule has 1 rings (SSSR count). The van der Waals surface area contributed by atoms with Gasteiger partial charge in [-0.05, 0) is 0 Å². The Morgan fingerprint density at radius 3 is 2.74 bits per heavy atom. The van der Waals surface area contributed by atoms with Crippen LogP contribution in [0, 0.1) is 0 Å². The zero-order valence-electron chi connectivity index (χ0n) is 9.65. The normalized spacial score (nSPS) is 12.9. The first kappa shape index (κ1) is 15.1. The molecule has 0 aliphatic rings. The number of aromatic nitrogens is 2. The van der Waals surface area contributed by atoms with Crippen molar-refractivity contribution >= 4 is 22.0 Å². The van der Waals surface area contributed by atoms with E-state index in [-0.39, 0.29) is 0 Å². The van der Waals surface area contributed by atoms with E-state index in [9.17, 15) is 23.1 Å². The van der Waals surface area contributed by atoms with E-state index in [0.717, 1.165) is 13.3 Å². The average Bonchev–Trinajstić information content (AvgIpc) is 2.85. The summed E-state index contributed by atoms with van der Waals surface area (Å²) in [4.78, 5) is 21.6. The highest BCUT2D eigenvalue weighted by Gasteiger charge is 2.26. The quantitative estimate of drug-likeness (QED) is 0.435. The number of nitrogens with one attached hydrogen (secondary N) is 2. The molecule has 1 unspecified atom stereocenters. The third-order valence-corrected chi connectivity index (χ3v) is 3.44. The van der Waals surface area contributed by atoms with Crippen molar-refractivity contribution in [3.05, 3.63) is 11.8 Å². The first-order chi connectivity index (χ1) is 8.79. The second-order valence-corrected chi connectivity index (χ2v) is 5.01. The summed E-state index contributed by atoms with van der Waals surface area (Å²) in [6, 6.07) is 0. The van der Waals surface area contributed by atoms with Crippen LogP contribution < -0.4 is 4.72 Å². The van der Waals surface area contributed by atoms with Gasteiger partial charge in [-0.3, -0.25) is 5.10 Å². The molecule has 0 aliphatic carbocycles. The van der Waals surface area contributed by atoms with Crippen LogP contribution in [-0.2, 0) is 19.6 Å². The molecule has 0 bridgehead atoms. The number of nitrogens with zero attached hydrogens (tertiary/aromatic N) is 1.